The van der Waals surface area contributed by atoms with Gasteiger partial charge in [-0.25, -0.2) is 4.21 Å². The van der Waals surface area contributed by atoms with Gasteiger partial charge < -0.3 is 0 Å². The van der Waals surface area contributed by atoms with Gasteiger partial charge in [0.2, 0.25) is 5.91 Å². The Bertz CT molecular complexity index is 604. The Hall–Kier alpha value is -0.420. The zero-order valence-corrected chi connectivity index (χ0v) is 16.9. The van der Waals surface area contributed by atoms with Crippen molar-refractivity contribution >= 4 is 17.2 Å². The second kappa shape index (κ2) is 6.58. The Morgan fingerprint density at radius 3 is 2.35 bits per heavy atom. The molecule has 0 aliphatic heterocycles. The minimum Gasteiger partial charge on any atom is -0.274 e. The molecule has 5 rings (SSSR count). The summed E-state index contributed by atoms with van der Waals surface area (Å²) in [6.07, 6.45) is 9.17. The molecule has 0 spiro atoms. The van der Waals surface area contributed by atoms with Gasteiger partial charge in [-0.1, -0.05) is 33.1 Å². The van der Waals surface area contributed by atoms with Crippen LogP contribution in [0.2, 0.25) is 0 Å². The first kappa shape index (κ1) is 17.7. The Labute approximate surface area is 160 Å². The predicted octanol–water partition coefficient (Wildman–Crippen LogP) is 3.84. The van der Waals surface area contributed by atoms with Crippen LogP contribution in [-0.2, 0) is 20.2 Å². The lowest BCUT2D eigenvalue weighted by molar-refractivity contribution is -0.126. The quantitative estimate of drug-likeness (QED) is 0.755. The first-order chi connectivity index (χ1) is 12.5. The molecule has 4 nitrogen and oxygen atoms in total. The molecule has 0 radical (unpaired) electrons. The first-order valence-corrected chi connectivity index (χ1v) is 12.0. The van der Waals surface area contributed by atoms with Crippen LogP contribution in [0.4, 0.5) is 0 Å². The molecule has 5 aliphatic rings. The van der Waals surface area contributed by atoms with Crippen molar-refractivity contribution in [2.75, 3.05) is 0 Å². The van der Waals surface area contributed by atoms with E-state index in [9.17, 15) is 9.00 Å². The molecular formula is C21H33NO3S. The molecule has 10 atom stereocenters. The standard InChI is InChI=1S/C21H33NO3S/c1-11-12(2)16-10-15(11)19-13-8-17(20(16)19)18(9-13)21(23)22-26(24)25-14-6-4-3-5-7-14/h11-20H,3-10H2,1-2H3,(H,22,23). The lowest BCUT2D eigenvalue weighted by atomic mass is 9.62. The Kier molecular flexibility index (Phi) is 4.47. The Balaban J connectivity index is 1.21. The lowest BCUT2D eigenvalue weighted by Crippen LogP contribution is -2.44. The molecule has 5 fully saturated rings. The summed E-state index contributed by atoms with van der Waals surface area (Å²) in [5.41, 5.74) is 0. The van der Waals surface area contributed by atoms with Gasteiger partial charge in [-0.05, 0) is 79.4 Å². The van der Waals surface area contributed by atoms with Crippen LogP contribution >= 0.6 is 0 Å². The van der Waals surface area contributed by atoms with Crippen molar-refractivity contribution < 1.29 is 13.2 Å². The molecule has 5 aliphatic carbocycles. The average Bonchev–Trinajstić information content (AvgIpc) is 3.35. The summed E-state index contributed by atoms with van der Waals surface area (Å²) in [6, 6.07) is 0. The zero-order valence-electron chi connectivity index (χ0n) is 16.1. The minimum absolute atomic E-state index is 0.00596. The number of carbonyl (C=O) groups is 1. The van der Waals surface area contributed by atoms with E-state index in [1.807, 2.05) is 0 Å². The maximum atomic E-state index is 12.8. The van der Waals surface area contributed by atoms with Crippen LogP contribution in [0.1, 0.15) is 65.2 Å². The molecule has 0 heterocycles. The van der Waals surface area contributed by atoms with Crippen molar-refractivity contribution in [3.63, 3.8) is 0 Å². The third-order valence-electron chi connectivity index (χ3n) is 9.14. The second-order valence-electron chi connectivity index (χ2n) is 10.00. The van der Waals surface area contributed by atoms with E-state index < -0.39 is 11.3 Å². The maximum absolute atomic E-state index is 12.8. The molecule has 26 heavy (non-hydrogen) atoms. The summed E-state index contributed by atoms with van der Waals surface area (Å²) in [5, 5.41) is 0. The molecule has 1 N–H and O–H groups in total. The molecule has 0 aromatic carbocycles. The fraction of sp³-hybridized carbons (Fsp3) is 0.952. The summed E-state index contributed by atoms with van der Waals surface area (Å²) in [6.45, 7) is 4.88. The number of amides is 1. The summed E-state index contributed by atoms with van der Waals surface area (Å²) >= 11 is -1.67. The van der Waals surface area contributed by atoms with Crippen molar-refractivity contribution in [3.05, 3.63) is 0 Å². The molecule has 0 aromatic heterocycles. The van der Waals surface area contributed by atoms with E-state index in [1.54, 1.807) is 0 Å². The normalized spacial score (nSPS) is 50.8. The Morgan fingerprint density at radius 2 is 1.62 bits per heavy atom. The van der Waals surface area contributed by atoms with Crippen LogP contribution < -0.4 is 4.72 Å². The highest BCUT2D eigenvalue weighted by Gasteiger charge is 2.66. The van der Waals surface area contributed by atoms with Crippen LogP contribution in [0.15, 0.2) is 0 Å². The number of nitrogens with one attached hydrogen (secondary N) is 1. The molecule has 5 saturated carbocycles. The maximum Gasteiger partial charge on any atom is 0.264 e. The first-order valence-electron chi connectivity index (χ1n) is 10.9. The fourth-order valence-electron chi connectivity index (χ4n) is 8.00. The summed E-state index contributed by atoms with van der Waals surface area (Å²) in [7, 11) is 0. The van der Waals surface area contributed by atoms with Gasteiger partial charge in [0, 0.05) is 5.92 Å². The third kappa shape index (κ3) is 2.63. The average molecular weight is 380 g/mol. The van der Waals surface area contributed by atoms with Crippen molar-refractivity contribution in [1.29, 1.82) is 0 Å². The number of fused-ring (bicyclic) bond motifs is 9. The third-order valence-corrected chi connectivity index (χ3v) is 9.96. The molecule has 4 bridgehead atoms. The van der Waals surface area contributed by atoms with E-state index in [0.717, 1.165) is 73.5 Å². The summed E-state index contributed by atoms with van der Waals surface area (Å²) in [5.74, 6) is 6.38. The van der Waals surface area contributed by atoms with Gasteiger partial charge in [-0.3, -0.25) is 13.7 Å². The minimum atomic E-state index is -1.67. The molecule has 1 amide bonds. The summed E-state index contributed by atoms with van der Waals surface area (Å²) in [4.78, 5) is 12.8. The van der Waals surface area contributed by atoms with Gasteiger partial charge in [-0.2, -0.15) is 0 Å². The number of hydrogen-bond donors (Lipinski definition) is 1. The SMILES string of the molecule is CC1C(C)C2CC1C1C3CC(C(=O)NS(=O)OC4CCCCC4)C(C3)C21. The zero-order chi connectivity index (χ0) is 18.0. The van der Waals surface area contributed by atoms with Gasteiger partial charge in [-0.15, -0.1) is 0 Å². The van der Waals surface area contributed by atoms with E-state index in [4.69, 9.17) is 4.18 Å². The number of carbonyl (C=O) groups excluding carboxylic acids is 1. The lowest BCUT2D eigenvalue weighted by Gasteiger charge is -2.43. The highest BCUT2D eigenvalue weighted by molar-refractivity contribution is 7.78. The summed E-state index contributed by atoms with van der Waals surface area (Å²) < 4.78 is 20.6. The predicted molar refractivity (Wildman–Crippen MR) is 101 cm³/mol. The van der Waals surface area contributed by atoms with Gasteiger partial charge >= 0.3 is 0 Å². The van der Waals surface area contributed by atoms with Gasteiger partial charge in [0.25, 0.3) is 11.3 Å². The van der Waals surface area contributed by atoms with Crippen LogP contribution in [0.5, 0.6) is 0 Å². The molecule has 146 valence electrons. The van der Waals surface area contributed by atoms with E-state index in [-0.39, 0.29) is 17.9 Å². The largest absolute Gasteiger partial charge is 0.274 e. The molecule has 5 heteroatoms. The van der Waals surface area contributed by atoms with Crippen molar-refractivity contribution in [1.82, 2.24) is 4.72 Å². The molecule has 10 unspecified atom stereocenters. The van der Waals surface area contributed by atoms with Crippen LogP contribution in [0.25, 0.3) is 0 Å². The second-order valence-corrected chi connectivity index (χ2v) is 10.9. The van der Waals surface area contributed by atoms with Crippen molar-refractivity contribution in [2.24, 2.45) is 53.3 Å². The fourth-order valence-corrected chi connectivity index (χ4v) is 8.80. The molecular weight excluding hydrogens is 346 g/mol. The van der Waals surface area contributed by atoms with Gasteiger partial charge in [0.15, 0.2) is 0 Å². The topological polar surface area (TPSA) is 55.4 Å². The smallest absolute Gasteiger partial charge is 0.264 e. The van der Waals surface area contributed by atoms with Crippen LogP contribution in [0, 0.1) is 53.3 Å². The molecule has 0 aromatic rings. The van der Waals surface area contributed by atoms with E-state index >= 15 is 0 Å². The van der Waals surface area contributed by atoms with Crippen LogP contribution in [-0.4, -0.2) is 16.2 Å². The number of hydrogen-bond acceptors (Lipinski definition) is 3. The highest BCUT2D eigenvalue weighted by Crippen LogP contribution is 2.71. The molecule has 0 saturated heterocycles. The monoisotopic (exact) mass is 379 g/mol. The van der Waals surface area contributed by atoms with E-state index in [0.29, 0.717) is 5.92 Å². The van der Waals surface area contributed by atoms with E-state index in [2.05, 4.69) is 18.6 Å². The van der Waals surface area contributed by atoms with Crippen LogP contribution in [0.3, 0.4) is 0 Å². The van der Waals surface area contributed by atoms with Gasteiger partial charge in [0.05, 0.1) is 6.10 Å². The number of rotatable bonds is 4. The van der Waals surface area contributed by atoms with E-state index in [1.165, 1.54) is 19.3 Å². The van der Waals surface area contributed by atoms with Crippen molar-refractivity contribution in [2.45, 2.75) is 71.3 Å². The van der Waals surface area contributed by atoms with Crippen molar-refractivity contribution in [3.8, 4) is 0 Å². The van der Waals surface area contributed by atoms with Gasteiger partial charge in [0.1, 0.15) is 0 Å². The highest BCUT2D eigenvalue weighted by atomic mass is 32.2. The Morgan fingerprint density at radius 1 is 0.923 bits per heavy atom.